The van der Waals surface area contributed by atoms with Crippen LogP contribution in [0.2, 0.25) is 0 Å². The molecule has 0 spiro atoms. The first-order chi connectivity index (χ1) is 11.1. The largest absolute Gasteiger partial charge is 0.508 e. The topological polar surface area (TPSA) is 69.9 Å². The van der Waals surface area contributed by atoms with Crippen LogP contribution in [0, 0.1) is 10.1 Å². The van der Waals surface area contributed by atoms with E-state index in [1.807, 2.05) is 24.3 Å². The van der Waals surface area contributed by atoms with Crippen molar-refractivity contribution in [3.63, 3.8) is 0 Å². The fourth-order valence-corrected chi connectivity index (χ4v) is 2.89. The van der Waals surface area contributed by atoms with Gasteiger partial charge in [-0.05, 0) is 24.3 Å². The highest BCUT2D eigenvalue weighted by Gasteiger charge is 2.20. The van der Waals surface area contributed by atoms with Gasteiger partial charge < -0.3 is 10.0 Å². The van der Waals surface area contributed by atoms with Crippen LogP contribution < -0.4 is 4.90 Å². The van der Waals surface area contributed by atoms with Gasteiger partial charge in [-0.1, -0.05) is 18.2 Å². The average molecular weight is 313 g/mol. The number of nitrogens with zero attached hydrogens (tertiary/aromatic N) is 3. The van der Waals surface area contributed by atoms with E-state index in [0.29, 0.717) is 6.54 Å². The van der Waals surface area contributed by atoms with E-state index in [1.54, 1.807) is 24.3 Å². The van der Waals surface area contributed by atoms with Gasteiger partial charge in [0.25, 0.3) is 5.69 Å². The Labute approximate surface area is 134 Å². The first-order valence-corrected chi connectivity index (χ1v) is 7.62. The zero-order valence-corrected chi connectivity index (χ0v) is 12.8. The van der Waals surface area contributed by atoms with Gasteiger partial charge in [0, 0.05) is 50.0 Å². The maximum Gasteiger partial charge on any atom is 0.273 e. The maximum atomic E-state index is 11.1. The second-order valence-electron chi connectivity index (χ2n) is 5.67. The highest BCUT2D eigenvalue weighted by Crippen LogP contribution is 2.22. The molecule has 0 unspecified atom stereocenters. The molecule has 0 bridgehead atoms. The monoisotopic (exact) mass is 313 g/mol. The van der Waals surface area contributed by atoms with Crippen LogP contribution in [0.4, 0.5) is 11.4 Å². The van der Waals surface area contributed by atoms with Crippen LogP contribution in [0.1, 0.15) is 5.56 Å². The molecule has 6 nitrogen and oxygen atoms in total. The van der Waals surface area contributed by atoms with E-state index in [1.165, 1.54) is 0 Å². The Hall–Kier alpha value is -2.60. The van der Waals surface area contributed by atoms with Gasteiger partial charge in [0.05, 0.1) is 4.92 Å². The number of phenols is 1. The third-order valence-corrected chi connectivity index (χ3v) is 4.17. The molecule has 0 amide bonds. The van der Waals surface area contributed by atoms with Crippen LogP contribution >= 0.6 is 0 Å². The molecule has 0 atom stereocenters. The third kappa shape index (κ3) is 3.60. The number of aromatic hydroxyl groups is 1. The van der Waals surface area contributed by atoms with Gasteiger partial charge in [-0.25, -0.2) is 0 Å². The Morgan fingerprint density at radius 1 is 1.00 bits per heavy atom. The minimum absolute atomic E-state index is 0.188. The molecular weight excluding hydrogens is 294 g/mol. The minimum Gasteiger partial charge on any atom is -0.508 e. The van der Waals surface area contributed by atoms with E-state index in [4.69, 9.17) is 0 Å². The molecule has 0 aliphatic carbocycles. The maximum absolute atomic E-state index is 11.1. The summed E-state index contributed by atoms with van der Waals surface area (Å²) in [4.78, 5) is 15.3. The highest BCUT2D eigenvalue weighted by atomic mass is 16.6. The Kier molecular flexibility index (Phi) is 4.43. The van der Waals surface area contributed by atoms with Crippen molar-refractivity contribution in [1.82, 2.24) is 4.90 Å². The van der Waals surface area contributed by atoms with Crippen molar-refractivity contribution in [3.05, 3.63) is 64.2 Å². The summed E-state index contributed by atoms with van der Waals surface area (Å²) in [5.74, 6) is 0.267. The first kappa shape index (κ1) is 15.3. The number of rotatable bonds is 4. The van der Waals surface area contributed by atoms with Gasteiger partial charge in [-0.2, -0.15) is 0 Å². The van der Waals surface area contributed by atoms with E-state index in [2.05, 4.69) is 9.80 Å². The van der Waals surface area contributed by atoms with Crippen molar-refractivity contribution >= 4 is 11.4 Å². The second-order valence-corrected chi connectivity index (χ2v) is 5.67. The van der Waals surface area contributed by atoms with E-state index >= 15 is 0 Å². The number of hydrogen-bond acceptors (Lipinski definition) is 5. The summed E-state index contributed by atoms with van der Waals surface area (Å²) in [6.45, 7) is 4.04. The molecule has 1 saturated heterocycles. The Bertz CT molecular complexity index is 680. The second kappa shape index (κ2) is 6.66. The number of nitro benzene ring substituents is 1. The Balaban J connectivity index is 1.61. The molecular formula is C17H19N3O3. The predicted octanol–water partition coefficient (Wildman–Crippen LogP) is 2.62. The van der Waals surface area contributed by atoms with Crippen molar-refractivity contribution in [1.29, 1.82) is 0 Å². The predicted molar refractivity (Wildman–Crippen MR) is 88.7 cm³/mol. The van der Waals surface area contributed by atoms with Crippen molar-refractivity contribution in [2.75, 3.05) is 31.1 Å². The summed E-state index contributed by atoms with van der Waals surface area (Å²) in [5, 5.41) is 20.4. The normalized spacial score (nSPS) is 15.6. The summed E-state index contributed by atoms with van der Waals surface area (Å²) in [6.07, 6.45) is 0. The van der Waals surface area contributed by atoms with Crippen LogP contribution in [-0.4, -0.2) is 41.1 Å². The van der Waals surface area contributed by atoms with Crippen molar-refractivity contribution in [2.45, 2.75) is 6.54 Å². The fraction of sp³-hybridized carbons (Fsp3) is 0.294. The van der Waals surface area contributed by atoms with Gasteiger partial charge in [-0.3, -0.25) is 15.0 Å². The summed E-state index contributed by atoms with van der Waals surface area (Å²) in [5.41, 5.74) is 2.04. The molecule has 1 N–H and O–H groups in total. The van der Waals surface area contributed by atoms with Crippen LogP contribution in [0.25, 0.3) is 0 Å². The number of nitro groups is 1. The summed E-state index contributed by atoms with van der Waals surface area (Å²) < 4.78 is 0. The molecule has 2 aromatic carbocycles. The van der Waals surface area contributed by atoms with Crippen molar-refractivity contribution in [2.24, 2.45) is 0 Å². The molecule has 1 heterocycles. The summed E-state index contributed by atoms with van der Waals surface area (Å²) in [7, 11) is 0. The first-order valence-electron chi connectivity index (χ1n) is 7.62. The van der Waals surface area contributed by atoms with Gasteiger partial charge in [0.1, 0.15) is 5.75 Å². The number of para-hydroxylation sites is 1. The van der Waals surface area contributed by atoms with E-state index < -0.39 is 0 Å². The molecule has 1 aliphatic heterocycles. The van der Waals surface area contributed by atoms with Gasteiger partial charge in [-0.15, -0.1) is 0 Å². The minimum atomic E-state index is -0.317. The molecule has 3 rings (SSSR count). The van der Waals surface area contributed by atoms with Gasteiger partial charge in [0.15, 0.2) is 0 Å². The molecule has 1 fully saturated rings. The quantitative estimate of drug-likeness (QED) is 0.694. The van der Waals surface area contributed by atoms with Crippen molar-refractivity contribution in [3.8, 4) is 5.75 Å². The van der Waals surface area contributed by atoms with Crippen LogP contribution in [0.3, 0.4) is 0 Å². The smallest absolute Gasteiger partial charge is 0.273 e. The van der Waals surface area contributed by atoms with E-state index in [0.717, 1.165) is 37.4 Å². The van der Waals surface area contributed by atoms with Gasteiger partial charge in [0.2, 0.25) is 0 Å². The summed E-state index contributed by atoms with van der Waals surface area (Å²) >= 11 is 0. The number of hydrogen-bond donors (Lipinski definition) is 1. The van der Waals surface area contributed by atoms with Crippen LogP contribution in [0.5, 0.6) is 5.75 Å². The number of benzene rings is 2. The van der Waals surface area contributed by atoms with Crippen LogP contribution in [-0.2, 0) is 6.54 Å². The van der Waals surface area contributed by atoms with Crippen LogP contribution in [0.15, 0.2) is 48.5 Å². The summed E-state index contributed by atoms with van der Waals surface area (Å²) in [6, 6.07) is 14.1. The fourth-order valence-electron chi connectivity index (χ4n) is 2.89. The highest BCUT2D eigenvalue weighted by molar-refractivity contribution is 5.49. The molecule has 6 heteroatoms. The molecule has 120 valence electrons. The molecule has 0 saturated carbocycles. The lowest BCUT2D eigenvalue weighted by Crippen LogP contribution is -2.46. The molecule has 0 radical (unpaired) electrons. The molecule has 23 heavy (non-hydrogen) atoms. The van der Waals surface area contributed by atoms with Gasteiger partial charge >= 0.3 is 0 Å². The Morgan fingerprint density at radius 3 is 2.30 bits per heavy atom. The van der Waals surface area contributed by atoms with E-state index in [-0.39, 0.29) is 16.4 Å². The molecule has 0 aromatic heterocycles. The lowest BCUT2D eigenvalue weighted by molar-refractivity contribution is -0.385. The molecule has 2 aromatic rings. The number of piperazine rings is 1. The number of anilines is 1. The zero-order chi connectivity index (χ0) is 16.2. The standard InChI is InChI=1S/C17H19N3O3/c21-16-7-5-15(6-8-16)19-11-9-18(10-12-19)13-14-3-1-2-4-17(14)20(22)23/h1-8,21H,9-13H2. The lowest BCUT2D eigenvalue weighted by atomic mass is 10.1. The third-order valence-electron chi connectivity index (χ3n) is 4.17. The number of phenolic OH excluding ortho intramolecular Hbond substituents is 1. The van der Waals surface area contributed by atoms with E-state index in [9.17, 15) is 15.2 Å². The SMILES string of the molecule is O=[N+]([O-])c1ccccc1CN1CCN(c2ccc(O)cc2)CC1. The molecule has 1 aliphatic rings. The lowest BCUT2D eigenvalue weighted by Gasteiger charge is -2.36. The zero-order valence-electron chi connectivity index (χ0n) is 12.8. The average Bonchev–Trinajstić information content (AvgIpc) is 2.57. The Morgan fingerprint density at radius 2 is 1.65 bits per heavy atom. The van der Waals surface area contributed by atoms with Crippen molar-refractivity contribution < 1.29 is 10.0 Å².